The molecule has 4 N–H and O–H groups in total. The van der Waals surface area contributed by atoms with Crippen LogP contribution in [0.2, 0.25) is 5.02 Å². The Kier molecular flexibility index (Phi) is 4.61. The molecule has 4 rings (SSSR count). The van der Waals surface area contributed by atoms with Gasteiger partial charge in [0.15, 0.2) is 0 Å². The molecule has 1 atom stereocenters. The van der Waals surface area contributed by atoms with Gasteiger partial charge in [-0.3, -0.25) is 14.3 Å². The van der Waals surface area contributed by atoms with Gasteiger partial charge in [0.2, 0.25) is 5.91 Å². The van der Waals surface area contributed by atoms with Gasteiger partial charge in [0.05, 0.1) is 22.0 Å². The van der Waals surface area contributed by atoms with Crippen molar-refractivity contribution in [3.63, 3.8) is 0 Å². The topological polar surface area (TPSA) is 102 Å². The van der Waals surface area contributed by atoms with Crippen LogP contribution in [0.3, 0.4) is 0 Å². The Bertz CT molecular complexity index is 925. The molecule has 9 heteroatoms. The van der Waals surface area contributed by atoms with Crippen molar-refractivity contribution in [1.82, 2.24) is 20.4 Å². The van der Waals surface area contributed by atoms with Crippen LogP contribution in [0.15, 0.2) is 18.2 Å². The molecular formula is C18H19ClFN5O2. The number of hydrogen-bond acceptors (Lipinski definition) is 4. The van der Waals surface area contributed by atoms with Gasteiger partial charge in [-0.05, 0) is 30.5 Å². The molecular weight excluding hydrogens is 373 g/mol. The SMILES string of the molecule is NC(=O)c1c(Cc2ccc(F)c(Cl)c2)nn2c1CNCC2C(=O)NC1CC1. The quantitative estimate of drug-likeness (QED) is 0.714. The Morgan fingerprint density at radius 2 is 2.19 bits per heavy atom. The average molecular weight is 392 g/mol. The summed E-state index contributed by atoms with van der Waals surface area (Å²) in [4.78, 5) is 24.6. The number of nitrogens with one attached hydrogen (secondary N) is 2. The number of rotatable bonds is 5. The third-order valence-corrected chi connectivity index (χ3v) is 5.13. The van der Waals surface area contributed by atoms with E-state index in [-0.39, 0.29) is 23.4 Å². The van der Waals surface area contributed by atoms with Gasteiger partial charge in [-0.25, -0.2) is 4.39 Å². The lowest BCUT2D eigenvalue weighted by atomic mass is 10.0. The number of halogens is 2. The second kappa shape index (κ2) is 6.94. The van der Waals surface area contributed by atoms with Gasteiger partial charge < -0.3 is 16.4 Å². The summed E-state index contributed by atoms with van der Waals surface area (Å²) >= 11 is 5.85. The molecule has 2 amide bonds. The normalized spacial score (nSPS) is 18.8. The number of benzene rings is 1. The standard InChI is InChI=1S/C18H19ClFN5O2/c19-11-5-9(1-4-12(11)20)6-13-16(17(21)26)14-7-22-8-15(25(14)24-13)18(27)23-10-2-3-10/h1,4-5,10,15,22H,2-3,6-8H2,(H2,21,26)(H,23,27). The molecule has 0 spiro atoms. The van der Waals surface area contributed by atoms with Crippen LogP contribution in [0.1, 0.15) is 46.2 Å². The first-order valence-corrected chi connectivity index (χ1v) is 9.17. The van der Waals surface area contributed by atoms with Crippen molar-refractivity contribution in [3.05, 3.63) is 51.6 Å². The first kappa shape index (κ1) is 17.9. The van der Waals surface area contributed by atoms with Crippen molar-refractivity contribution in [2.24, 2.45) is 5.73 Å². The van der Waals surface area contributed by atoms with Crippen LogP contribution in [0.4, 0.5) is 4.39 Å². The van der Waals surface area contributed by atoms with Gasteiger partial charge in [0.25, 0.3) is 5.91 Å². The van der Waals surface area contributed by atoms with Gasteiger partial charge in [0, 0.05) is 25.6 Å². The molecule has 1 aliphatic heterocycles. The molecule has 1 fully saturated rings. The van der Waals surface area contributed by atoms with Gasteiger partial charge in [-0.1, -0.05) is 17.7 Å². The first-order chi connectivity index (χ1) is 12.9. The van der Waals surface area contributed by atoms with E-state index in [1.807, 2.05) is 0 Å². The molecule has 1 aliphatic carbocycles. The molecule has 27 heavy (non-hydrogen) atoms. The van der Waals surface area contributed by atoms with Gasteiger partial charge in [-0.15, -0.1) is 0 Å². The van der Waals surface area contributed by atoms with Crippen molar-refractivity contribution < 1.29 is 14.0 Å². The van der Waals surface area contributed by atoms with Gasteiger partial charge in [0.1, 0.15) is 11.9 Å². The van der Waals surface area contributed by atoms with Crippen molar-refractivity contribution in [3.8, 4) is 0 Å². The molecule has 2 aromatic rings. The molecule has 0 bridgehead atoms. The highest BCUT2D eigenvalue weighted by atomic mass is 35.5. The molecule has 0 saturated heterocycles. The van der Waals surface area contributed by atoms with E-state index in [0.29, 0.717) is 35.6 Å². The predicted molar refractivity (Wildman–Crippen MR) is 96.9 cm³/mol. The molecule has 142 valence electrons. The highest BCUT2D eigenvalue weighted by Crippen LogP contribution is 2.26. The summed E-state index contributed by atoms with van der Waals surface area (Å²) in [5.41, 5.74) is 7.64. The van der Waals surface area contributed by atoms with Crippen LogP contribution in [0.25, 0.3) is 0 Å². The van der Waals surface area contributed by atoms with E-state index in [2.05, 4.69) is 15.7 Å². The zero-order valence-corrected chi connectivity index (χ0v) is 15.2. The molecule has 2 heterocycles. The molecule has 1 saturated carbocycles. The molecule has 1 aromatic heterocycles. The monoisotopic (exact) mass is 391 g/mol. The third kappa shape index (κ3) is 3.54. The molecule has 1 unspecified atom stereocenters. The van der Waals surface area contributed by atoms with Gasteiger partial charge in [-0.2, -0.15) is 5.10 Å². The van der Waals surface area contributed by atoms with E-state index in [0.717, 1.165) is 12.8 Å². The van der Waals surface area contributed by atoms with E-state index >= 15 is 0 Å². The number of hydrogen-bond donors (Lipinski definition) is 3. The van der Waals surface area contributed by atoms with E-state index in [1.54, 1.807) is 10.7 Å². The second-order valence-corrected chi connectivity index (χ2v) is 7.34. The maximum atomic E-state index is 13.4. The minimum Gasteiger partial charge on any atom is -0.365 e. The van der Waals surface area contributed by atoms with Crippen LogP contribution in [0.5, 0.6) is 0 Å². The van der Waals surface area contributed by atoms with Crippen LogP contribution >= 0.6 is 11.6 Å². The lowest BCUT2D eigenvalue weighted by molar-refractivity contribution is -0.125. The fourth-order valence-electron chi connectivity index (χ4n) is 3.34. The minimum atomic E-state index is -0.607. The molecule has 1 aromatic carbocycles. The molecule has 7 nitrogen and oxygen atoms in total. The largest absolute Gasteiger partial charge is 0.365 e. The number of carbonyl (C=O) groups is 2. The van der Waals surface area contributed by atoms with Gasteiger partial charge >= 0.3 is 0 Å². The summed E-state index contributed by atoms with van der Waals surface area (Å²) in [6.07, 6.45) is 2.23. The van der Waals surface area contributed by atoms with Crippen LogP contribution in [0, 0.1) is 5.82 Å². The zero-order chi connectivity index (χ0) is 19.1. The Morgan fingerprint density at radius 3 is 2.85 bits per heavy atom. The third-order valence-electron chi connectivity index (χ3n) is 4.84. The van der Waals surface area contributed by atoms with E-state index in [9.17, 15) is 14.0 Å². The molecule has 2 aliphatic rings. The van der Waals surface area contributed by atoms with E-state index in [4.69, 9.17) is 17.3 Å². The number of carbonyl (C=O) groups excluding carboxylic acids is 2. The van der Waals surface area contributed by atoms with Crippen LogP contribution in [-0.2, 0) is 17.8 Å². The fourth-order valence-corrected chi connectivity index (χ4v) is 3.55. The Hall–Kier alpha value is -2.45. The number of nitrogens with zero attached hydrogens (tertiary/aromatic N) is 2. The Balaban J connectivity index is 1.69. The summed E-state index contributed by atoms with van der Waals surface area (Å²) in [6, 6.07) is 4.04. The molecule has 0 radical (unpaired) electrons. The Morgan fingerprint density at radius 1 is 1.41 bits per heavy atom. The van der Waals surface area contributed by atoms with Crippen molar-refractivity contribution in [2.75, 3.05) is 6.54 Å². The van der Waals surface area contributed by atoms with Crippen molar-refractivity contribution in [1.29, 1.82) is 0 Å². The smallest absolute Gasteiger partial charge is 0.252 e. The summed E-state index contributed by atoms with van der Waals surface area (Å²) in [7, 11) is 0. The number of aromatic nitrogens is 2. The van der Waals surface area contributed by atoms with Crippen LogP contribution < -0.4 is 16.4 Å². The zero-order valence-electron chi connectivity index (χ0n) is 14.5. The van der Waals surface area contributed by atoms with Crippen molar-refractivity contribution >= 4 is 23.4 Å². The lowest BCUT2D eigenvalue weighted by Crippen LogP contribution is -2.44. The fraction of sp³-hybridized carbons (Fsp3) is 0.389. The Labute approximate surface area is 160 Å². The van der Waals surface area contributed by atoms with Crippen LogP contribution in [-0.4, -0.2) is 34.2 Å². The maximum Gasteiger partial charge on any atom is 0.252 e. The number of amides is 2. The van der Waals surface area contributed by atoms with E-state index in [1.165, 1.54) is 12.1 Å². The summed E-state index contributed by atoms with van der Waals surface area (Å²) < 4.78 is 15.0. The minimum absolute atomic E-state index is 0.000418. The highest BCUT2D eigenvalue weighted by Gasteiger charge is 2.34. The maximum absolute atomic E-state index is 13.4. The van der Waals surface area contributed by atoms with Crippen molar-refractivity contribution in [2.45, 2.75) is 37.9 Å². The predicted octanol–water partition coefficient (Wildman–Crippen LogP) is 1.29. The summed E-state index contributed by atoms with van der Waals surface area (Å²) in [5.74, 6) is -1.24. The lowest BCUT2D eigenvalue weighted by Gasteiger charge is -2.25. The van der Waals surface area contributed by atoms with E-state index < -0.39 is 17.8 Å². The highest BCUT2D eigenvalue weighted by molar-refractivity contribution is 6.30. The summed E-state index contributed by atoms with van der Waals surface area (Å²) in [5, 5.41) is 10.7. The number of nitrogens with two attached hydrogens (primary N) is 1. The second-order valence-electron chi connectivity index (χ2n) is 6.93. The number of primary amides is 1. The first-order valence-electron chi connectivity index (χ1n) is 8.79. The average Bonchev–Trinajstić information content (AvgIpc) is 3.35. The summed E-state index contributed by atoms with van der Waals surface area (Å²) in [6.45, 7) is 0.815. The number of fused-ring (bicyclic) bond motifs is 1.